The van der Waals surface area contributed by atoms with Gasteiger partial charge in [0.25, 0.3) is 15.8 Å². The Morgan fingerprint density at radius 3 is 2.39 bits per heavy atom. The van der Waals surface area contributed by atoms with Crippen molar-refractivity contribution >= 4 is 21.5 Å². The fourth-order valence-electron chi connectivity index (χ4n) is 2.29. The Morgan fingerprint density at radius 2 is 1.83 bits per heavy atom. The maximum atomic E-state index is 12.8. The lowest BCUT2D eigenvalue weighted by atomic mass is 10.3. The minimum absolute atomic E-state index is 0.254. The molecule has 0 atom stereocenters. The van der Waals surface area contributed by atoms with E-state index in [2.05, 4.69) is 17.2 Å². The molecule has 1 heterocycles. The van der Waals surface area contributed by atoms with Crippen molar-refractivity contribution in [3.63, 3.8) is 0 Å². The molecule has 0 radical (unpaired) electrons. The van der Waals surface area contributed by atoms with Gasteiger partial charge in [-0.05, 0) is 31.5 Å². The van der Waals surface area contributed by atoms with E-state index in [4.69, 9.17) is 0 Å². The summed E-state index contributed by atoms with van der Waals surface area (Å²) in [7, 11) is -3.57. The van der Waals surface area contributed by atoms with Crippen molar-refractivity contribution in [2.24, 2.45) is 0 Å². The molecule has 0 aliphatic rings. The van der Waals surface area contributed by atoms with Crippen molar-refractivity contribution in [3.8, 4) is 0 Å². The number of nitrogens with one attached hydrogen (secondary N) is 2. The Labute approximate surface area is 138 Å². The second-order valence-corrected chi connectivity index (χ2v) is 7.09. The number of hydrogen-bond donors (Lipinski definition) is 1. The molecule has 23 heavy (non-hydrogen) atoms. The van der Waals surface area contributed by atoms with Gasteiger partial charge in [0.2, 0.25) is 0 Å². The summed E-state index contributed by atoms with van der Waals surface area (Å²) < 4.78 is 27.0. The molecule has 1 aromatic carbocycles. The van der Waals surface area contributed by atoms with Gasteiger partial charge in [0, 0.05) is 12.6 Å². The number of benzene rings is 1. The minimum Gasteiger partial charge on any atom is -0.275 e. The predicted molar refractivity (Wildman–Crippen MR) is 93.0 cm³/mol. The van der Waals surface area contributed by atoms with Gasteiger partial charge in [0.05, 0.1) is 12.2 Å². The summed E-state index contributed by atoms with van der Waals surface area (Å²) in [5, 5.41) is 3.24. The first-order valence-electron chi connectivity index (χ1n) is 7.93. The van der Waals surface area contributed by atoms with Crippen LogP contribution < -0.4 is 14.6 Å². The van der Waals surface area contributed by atoms with Gasteiger partial charge in [0.1, 0.15) is 11.1 Å². The summed E-state index contributed by atoms with van der Waals surface area (Å²) in [5.74, 6) is 0.820. The van der Waals surface area contributed by atoms with Crippen LogP contribution in [0, 0.1) is 0 Å². The quantitative estimate of drug-likeness (QED) is 0.755. The summed E-state index contributed by atoms with van der Waals surface area (Å²) in [6.45, 7) is 5.20. The number of sulfonamides is 1. The Morgan fingerprint density at radius 1 is 1.09 bits per heavy atom. The standard InChI is InChI=1S/C17H23N3O2S/c1-3-5-13-18-17-12-11-16(14-19-17)23(21,22)20(4-2)15-9-7-6-8-10-15/h6-12,14H,3-5,13H2,1-2H3,(H,18,19)/p+1. The van der Waals surface area contributed by atoms with Gasteiger partial charge < -0.3 is 0 Å². The van der Waals surface area contributed by atoms with Gasteiger partial charge in [-0.1, -0.05) is 31.5 Å². The third-order valence-corrected chi connectivity index (χ3v) is 5.45. The molecule has 0 aliphatic carbocycles. The highest BCUT2D eigenvalue weighted by Crippen LogP contribution is 2.22. The molecule has 0 bridgehead atoms. The van der Waals surface area contributed by atoms with Crippen LogP contribution in [0.2, 0.25) is 0 Å². The lowest BCUT2D eigenvalue weighted by Gasteiger charge is -2.22. The van der Waals surface area contributed by atoms with Crippen LogP contribution in [0.3, 0.4) is 0 Å². The Hall–Kier alpha value is -2.08. The predicted octanol–water partition coefficient (Wildman–Crippen LogP) is 2.93. The smallest absolute Gasteiger partial charge is 0.272 e. The second kappa shape index (κ2) is 7.97. The number of aromatic amines is 1. The number of aromatic nitrogens is 1. The van der Waals surface area contributed by atoms with E-state index in [1.165, 1.54) is 10.5 Å². The molecule has 2 aromatic rings. The zero-order valence-electron chi connectivity index (χ0n) is 13.6. The molecule has 2 N–H and O–H groups in total. The number of rotatable bonds is 8. The van der Waals surface area contributed by atoms with Crippen molar-refractivity contribution in [1.82, 2.24) is 0 Å². The average molecular weight is 334 g/mol. The number of unbranched alkanes of at least 4 members (excludes halogenated alkanes) is 1. The van der Waals surface area contributed by atoms with Crippen molar-refractivity contribution in [1.29, 1.82) is 0 Å². The zero-order valence-corrected chi connectivity index (χ0v) is 14.4. The van der Waals surface area contributed by atoms with Crippen LogP contribution in [0.4, 0.5) is 11.5 Å². The monoisotopic (exact) mass is 334 g/mol. The molecule has 0 saturated heterocycles. The highest BCUT2D eigenvalue weighted by Gasteiger charge is 2.24. The summed E-state index contributed by atoms with van der Waals surface area (Å²) in [6.07, 6.45) is 3.72. The van der Waals surface area contributed by atoms with E-state index in [-0.39, 0.29) is 4.90 Å². The molecule has 0 saturated carbocycles. The van der Waals surface area contributed by atoms with Crippen molar-refractivity contribution in [2.45, 2.75) is 31.6 Å². The van der Waals surface area contributed by atoms with E-state index in [1.54, 1.807) is 24.3 Å². The van der Waals surface area contributed by atoms with Crippen LogP contribution >= 0.6 is 0 Å². The van der Waals surface area contributed by atoms with Crippen LogP contribution in [-0.4, -0.2) is 21.5 Å². The molecule has 124 valence electrons. The Balaban J connectivity index is 2.21. The molecule has 5 nitrogen and oxygen atoms in total. The fraction of sp³-hybridized carbons (Fsp3) is 0.353. The molecule has 0 aliphatic heterocycles. The normalized spacial score (nSPS) is 11.2. The number of para-hydroxylation sites is 1. The van der Waals surface area contributed by atoms with E-state index < -0.39 is 10.0 Å². The summed E-state index contributed by atoms with van der Waals surface area (Å²) in [6, 6.07) is 12.5. The fourth-order valence-corrected chi connectivity index (χ4v) is 3.74. The number of H-pyrrole nitrogens is 1. The molecular weight excluding hydrogens is 310 g/mol. The third kappa shape index (κ3) is 4.22. The summed E-state index contributed by atoms with van der Waals surface area (Å²) in [5.41, 5.74) is 0.667. The zero-order chi connectivity index (χ0) is 16.7. The number of pyridine rings is 1. The van der Waals surface area contributed by atoms with E-state index in [0.29, 0.717) is 12.2 Å². The second-order valence-electron chi connectivity index (χ2n) is 5.22. The number of anilines is 2. The number of hydrogen-bond acceptors (Lipinski definition) is 3. The topological polar surface area (TPSA) is 63.6 Å². The van der Waals surface area contributed by atoms with E-state index in [0.717, 1.165) is 25.2 Å². The van der Waals surface area contributed by atoms with Gasteiger partial charge in [-0.2, -0.15) is 0 Å². The van der Waals surface area contributed by atoms with Crippen LogP contribution in [0.15, 0.2) is 53.6 Å². The maximum Gasteiger partial charge on any atom is 0.272 e. The molecule has 0 amide bonds. The van der Waals surface area contributed by atoms with Crippen LogP contribution in [0.25, 0.3) is 0 Å². The first-order chi connectivity index (χ1) is 11.1. The summed E-state index contributed by atoms with van der Waals surface area (Å²) in [4.78, 5) is 3.27. The molecule has 2 rings (SSSR count). The van der Waals surface area contributed by atoms with Crippen LogP contribution in [0.5, 0.6) is 0 Å². The number of nitrogens with zero attached hydrogens (tertiary/aromatic N) is 1. The highest BCUT2D eigenvalue weighted by atomic mass is 32.2. The first kappa shape index (κ1) is 17.3. The first-order valence-corrected chi connectivity index (χ1v) is 9.37. The van der Waals surface area contributed by atoms with Crippen LogP contribution in [-0.2, 0) is 10.0 Å². The third-order valence-electron chi connectivity index (χ3n) is 3.55. The highest BCUT2D eigenvalue weighted by molar-refractivity contribution is 7.92. The Kier molecular flexibility index (Phi) is 5.98. The summed E-state index contributed by atoms with van der Waals surface area (Å²) >= 11 is 0. The van der Waals surface area contributed by atoms with E-state index in [9.17, 15) is 8.42 Å². The molecule has 1 aromatic heterocycles. The molecule has 0 spiro atoms. The SMILES string of the molecule is CCCCNc1ccc(S(=O)(=O)N(CC)c2ccccc2)c[nH+]1. The largest absolute Gasteiger partial charge is 0.275 e. The molecular formula is C17H24N3O2S+. The Bertz CT molecular complexity index is 700. The molecule has 0 fully saturated rings. The van der Waals surface area contributed by atoms with Gasteiger partial charge >= 0.3 is 0 Å². The molecule has 6 heteroatoms. The average Bonchev–Trinajstić information content (AvgIpc) is 2.57. The van der Waals surface area contributed by atoms with Gasteiger partial charge in [-0.3, -0.25) is 9.62 Å². The minimum atomic E-state index is -3.57. The van der Waals surface area contributed by atoms with Gasteiger partial charge in [-0.15, -0.1) is 0 Å². The van der Waals surface area contributed by atoms with Gasteiger partial charge in [-0.25, -0.2) is 13.4 Å². The van der Waals surface area contributed by atoms with Crippen molar-refractivity contribution in [3.05, 3.63) is 48.7 Å². The van der Waals surface area contributed by atoms with Gasteiger partial charge in [0.15, 0.2) is 0 Å². The van der Waals surface area contributed by atoms with Crippen LogP contribution in [0.1, 0.15) is 26.7 Å². The lowest BCUT2D eigenvalue weighted by Crippen LogP contribution is -2.31. The molecule has 0 unspecified atom stereocenters. The van der Waals surface area contributed by atoms with E-state index in [1.807, 2.05) is 25.1 Å². The van der Waals surface area contributed by atoms with Crippen molar-refractivity contribution in [2.75, 3.05) is 22.7 Å². The van der Waals surface area contributed by atoms with E-state index >= 15 is 0 Å². The van der Waals surface area contributed by atoms with Crippen molar-refractivity contribution < 1.29 is 13.4 Å². The maximum absolute atomic E-state index is 12.8. The lowest BCUT2D eigenvalue weighted by molar-refractivity contribution is -0.364.